The zero-order valence-electron chi connectivity index (χ0n) is 32.0. The lowest BCUT2D eigenvalue weighted by Crippen LogP contribution is -2.29. The van der Waals surface area contributed by atoms with Crippen molar-refractivity contribution in [2.45, 2.75) is 12.8 Å². The van der Waals surface area contributed by atoms with Crippen LogP contribution in [0.1, 0.15) is 33.6 Å². The van der Waals surface area contributed by atoms with E-state index >= 15 is 0 Å². The van der Waals surface area contributed by atoms with Crippen LogP contribution in [0.15, 0.2) is 84.9 Å². The molecule has 0 radical (unpaired) electrons. The maximum atomic E-state index is 12.4. The number of carboxylic acids is 1. The molecule has 0 amide bonds. The zero-order chi connectivity index (χ0) is 39.2. The van der Waals surface area contributed by atoms with Gasteiger partial charge in [-0.25, -0.2) is 24.7 Å². The number of aliphatic hydroxyl groups is 1. The molecule has 2 aliphatic rings. The van der Waals surface area contributed by atoms with Crippen LogP contribution >= 0.6 is 0 Å². The van der Waals surface area contributed by atoms with Gasteiger partial charge in [-0.05, 0) is 101 Å². The molecule has 0 aliphatic carbocycles. The number of benzene rings is 2. The molecule has 2 N–H and O–H groups in total. The lowest BCUT2D eigenvalue weighted by Gasteiger charge is -2.22. The first-order chi connectivity index (χ1) is 27.8. The molecule has 57 heavy (non-hydrogen) atoms. The molecule has 0 saturated carbocycles. The highest BCUT2D eigenvalue weighted by atomic mass is 16.4. The van der Waals surface area contributed by atoms with E-state index in [1.54, 1.807) is 12.1 Å². The molecule has 2 aromatic carbocycles. The van der Waals surface area contributed by atoms with Crippen molar-refractivity contribution in [2.75, 3.05) is 82.9 Å². The largest absolute Gasteiger partial charge is 0.478 e. The molecule has 2 fully saturated rings. The number of nitrogens with zero attached hydrogens (tertiary/aromatic N) is 10. The van der Waals surface area contributed by atoms with Crippen molar-refractivity contribution in [1.82, 2.24) is 38.5 Å². The number of carbonyl (C=O) groups excluding carboxylic acids is 1. The van der Waals surface area contributed by atoms with E-state index in [2.05, 4.69) is 43.7 Å². The molecule has 2 aliphatic heterocycles. The molecular weight excluding hydrogens is 721 g/mol. The summed E-state index contributed by atoms with van der Waals surface area (Å²) in [6, 6.07) is 26.9. The Morgan fingerprint density at radius 3 is 1.53 bits per heavy atom. The Balaban J connectivity index is 0.000000148. The molecule has 0 bridgehead atoms. The van der Waals surface area contributed by atoms with Gasteiger partial charge in [0.15, 0.2) is 17.1 Å². The van der Waals surface area contributed by atoms with E-state index in [1.165, 1.54) is 0 Å². The van der Waals surface area contributed by atoms with Crippen molar-refractivity contribution in [3.05, 3.63) is 96.1 Å². The molecular formula is C43H44N10O4. The number of aromatic carboxylic acids is 1. The van der Waals surface area contributed by atoms with E-state index in [-0.39, 0.29) is 11.3 Å². The summed E-state index contributed by atoms with van der Waals surface area (Å²) < 4.78 is 3.82. The van der Waals surface area contributed by atoms with Gasteiger partial charge in [0, 0.05) is 50.0 Å². The quantitative estimate of drug-likeness (QED) is 0.221. The summed E-state index contributed by atoms with van der Waals surface area (Å²) in [7, 11) is 4.30. The fourth-order valence-corrected chi connectivity index (χ4v) is 8.12. The van der Waals surface area contributed by atoms with E-state index in [9.17, 15) is 19.8 Å². The highest BCUT2D eigenvalue weighted by Gasteiger charge is 2.22. The monoisotopic (exact) mass is 764 g/mol. The number of rotatable bonds is 5. The van der Waals surface area contributed by atoms with Gasteiger partial charge in [0.1, 0.15) is 35.1 Å². The average Bonchev–Trinajstić information content (AvgIpc) is 3.64. The number of hydrogen-bond acceptors (Lipinski definition) is 11. The maximum absolute atomic E-state index is 12.4. The third kappa shape index (κ3) is 6.75. The number of likely N-dealkylation sites (N-methyl/N-ethyl adjacent to an activating group) is 2. The molecule has 0 unspecified atom stereocenters. The minimum absolute atomic E-state index is 0.189. The van der Waals surface area contributed by atoms with Crippen molar-refractivity contribution < 1.29 is 19.8 Å². The lowest BCUT2D eigenvalue weighted by atomic mass is 10.1. The van der Waals surface area contributed by atoms with Crippen molar-refractivity contribution in [1.29, 1.82) is 0 Å². The Hall–Kier alpha value is -6.22. The van der Waals surface area contributed by atoms with E-state index in [0.29, 0.717) is 16.9 Å². The van der Waals surface area contributed by atoms with Crippen LogP contribution in [0.2, 0.25) is 0 Å². The molecule has 10 rings (SSSR count). The van der Waals surface area contributed by atoms with Crippen molar-refractivity contribution >= 4 is 78.8 Å². The molecule has 290 valence electrons. The Morgan fingerprint density at radius 2 is 1.04 bits per heavy atom. The Bertz CT molecular complexity index is 2830. The second-order valence-corrected chi connectivity index (χ2v) is 15.0. The zero-order valence-corrected chi connectivity index (χ0v) is 32.0. The molecule has 14 heteroatoms. The number of anilines is 2. The van der Waals surface area contributed by atoms with E-state index in [1.807, 2.05) is 81.6 Å². The van der Waals surface area contributed by atoms with Crippen molar-refractivity contribution in [2.24, 2.45) is 0 Å². The summed E-state index contributed by atoms with van der Waals surface area (Å²) in [4.78, 5) is 52.7. The summed E-state index contributed by atoms with van der Waals surface area (Å²) in [5, 5.41) is 20.8. The second kappa shape index (κ2) is 15.0. The summed E-state index contributed by atoms with van der Waals surface area (Å²) in [5.74, 6) is 0.534. The number of aromatic nitrogens is 6. The Morgan fingerprint density at radius 1 is 0.561 bits per heavy atom. The summed E-state index contributed by atoms with van der Waals surface area (Å²) in [5.41, 5.74) is 6.43. The van der Waals surface area contributed by atoms with E-state index < -0.39 is 12.6 Å². The van der Waals surface area contributed by atoms with Crippen LogP contribution in [0.3, 0.4) is 0 Å². The van der Waals surface area contributed by atoms with Gasteiger partial charge in [-0.15, -0.1) is 0 Å². The van der Waals surface area contributed by atoms with Crippen LogP contribution in [-0.4, -0.2) is 134 Å². The molecule has 0 spiro atoms. The molecule has 0 atom stereocenters. The van der Waals surface area contributed by atoms with E-state index in [0.717, 1.165) is 121 Å². The second-order valence-electron chi connectivity index (χ2n) is 15.0. The van der Waals surface area contributed by atoms with Gasteiger partial charge in [0.25, 0.3) is 0 Å². The number of aliphatic hydroxyl groups excluding tert-OH is 1. The fraction of sp³-hybridized carbons (Fsp3) is 0.302. The topological polar surface area (TPSA) is 148 Å². The number of imidazole rings is 2. The van der Waals surface area contributed by atoms with Gasteiger partial charge in [0.2, 0.25) is 0 Å². The predicted octanol–water partition coefficient (Wildman–Crippen LogP) is 5.23. The number of hydrogen-bond donors (Lipinski definition) is 2. The first-order valence-corrected chi connectivity index (χ1v) is 19.4. The van der Waals surface area contributed by atoms with Crippen molar-refractivity contribution in [3.8, 4) is 0 Å². The summed E-state index contributed by atoms with van der Waals surface area (Å²) in [6.07, 6.45) is 2.20. The number of carboxylic acid groups (broad SMARTS) is 1. The number of carbonyl (C=O) groups is 2. The SMILES string of the molecule is CN1CCCN(c2ccc3cc(C(=O)CO)c4nc5ccccc5n4c3n2)CC1.CN1CCCN(c2ccc3cc(C(=O)O)c4nc5ccccc5n4c3n2)CC1. The minimum Gasteiger partial charge on any atom is -0.478 e. The van der Waals surface area contributed by atoms with Crippen LogP contribution in [0, 0.1) is 0 Å². The fourth-order valence-electron chi connectivity index (χ4n) is 8.12. The van der Waals surface area contributed by atoms with E-state index in [4.69, 9.17) is 9.97 Å². The number of ketones is 1. The Labute approximate surface area is 328 Å². The first-order valence-electron chi connectivity index (χ1n) is 19.4. The van der Waals surface area contributed by atoms with Gasteiger partial charge in [-0.2, -0.15) is 0 Å². The van der Waals surface area contributed by atoms with Gasteiger partial charge in [0.05, 0.1) is 27.6 Å². The van der Waals surface area contributed by atoms with Crippen molar-refractivity contribution in [3.63, 3.8) is 0 Å². The van der Waals surface area contributed by atoms with Gasteiger partial charge >= 0.3 is 5.97 Å². The number of Topliss-reactive ketones (excluding diaryl/α,β-unsaturated/α-hetero) is 1. The maximum Gasteiger partial charge on any atom is 0.339 e. The van der Waals surface area contributed by atoms with Crippen LogP contribution in [-0.2, 0) is 0 Å². The molecule has 6 aromatic heterocycles. The minimum atomic E-state index is -0.984. The lowest BCUT2D eigenvalue weighted by molar-refractivity contribution is 0.0698. The number of fused-ring (bicyclic) bond motifs is 10. The third-order valence-electron chi connectivity index (χ3n) is 11.2. The van der Waals surface area contributed by atoms with Crippen LogP contribution < -0.4 is 9.80 Å². The molecule has 8 heterocycles. The molecule has 14 nitrogen and oxygen atoms in total. The normalized spacial score (nSPS) is 16.1. The highest BCUT2D eigenvalue weighted by Crippen LogP contribution is 2.29. The Kier molecular flexibility index (Phi) is 9.60. The smallest absolute Gasteiger partial charge is 0.339 e. The van der Waals surface area contributed by atoms with Gasteiger partial charge in [-0.3, -0.25) is 13.6 Å². The van der Waals surface area contributed by atoms with Crippen LogP contribution in [0.5, 0.6) is 0 Å². The summed E-state index contributed by atoms with van der Waals surface area (Å²) >= 11 is 0. The predicted molar refractivity (Wildman–Crippen MR) is 223 cm³/mol. The summed E-state index contributed by atoms with van der Waals surface area (Å²) in [6.45, 7) is 7.43. The first kappa shape index (κ1) is 36.4. The molecule has 8 aromatic rings. The van der Waals surface area contributed by atoms with Gasteiger partial charge < -0.3 is 29.8 Å². The standard InChI is InChI=1S/C22H23N5O2.C21H21N5O2/c1-25-9-4-10-26(12-11-25)20-8-7-15-13-16(19(29)14-28)22-23-17-5-2-3-6-18(17)27(22)21(15)24-20;1-24-9-4-10-25(12-11-24)18-8-7-14-13-15(21(27)28)20-22-16-5-2-3-6-17(16)26(20)19(14)23-18/h2-3,5-8,13,28H,4,9-12,14H2,1H3;2-3,5-8,13H,4,9-12H2,1H3,(H,27,28). The average molecular weight is 765 g/mol. The van der Waals surface area contributed by atoms with Crippen LogP contribution in [0.4, 0.5) is 11.6 Å². The van der Waals surface area contributed by atoms with Gasteiger partial charge in [-0.1, -0.05) is 24.3 Å². The highest BCUT2D eigenvalue weighted by molar-refractivity contribution is 6.07. The third-order valence-corrected chi connectivity index (χ3v) is 11.2. The number of para-hydroxylation sites is 4. The number of pyridine rings is 4. The van der Waals surface area contributed by atoms with Crippen LogP contribution in [0.25, 0.3) is 55.4 Å². The molecule has 2 saturated heterocycles.